The second-order valence-electron chi connectivity index (χ2n) is 7.21. The van der Waals surface area contributed by atoms with E-state index in [2.05, 4.69) is 19.2 Å². The first kappa shape index (κ1) is 23.3. The molecular weight excluding hydrogens is 457 g/mol. The van der Waals surface area contributed by atoms with E-state index in [1.165, 1.54) is 12.1 Å². The number of benzene rings is 3. The lowest BCUT2D eigenvalue weighted by atomic mass is 9.96. The Morgan fingerprint density at radius 1 is 1.03 bits per heavy atom. The maximum Gasteiger partial charge on any atom is 0.259 e. The van der Waals surface area contributed by atoms with Gasteiger partial charge in [0.25, 0.3) is 5.91 Å². The first-order chi connectivity index (χ1) is 14.8. The number of aromatic hydroxyl groups is 1. The number of phenols is 1. The van der Waals surface area contributed by atoms with Crippen LogP contribution >= 0.6 is 34.8 Å². The first-order valence-corrected chi connectivity index (χ1v) is 11.0. The summed E-state index contributed by atoms with van der Waals surface area (Å²) in [6.45, 7) is 4.30. The van der Waals surface area contributed by atoms with Gasteiger partial charge in [0.2, 0.25) is 0 Å². The zero-order valence-electron chi connectivity index (χ0n) is 17.1. The quantitative estimate of drug-likeness (QED) is 0.359. The van der Waals surface area contributed by atoms with Crippen molar-refractivity contribution in [3.63, 3.8) is 0 Å². The molecule has 3 aromatic carbocycles. The topological polar surface area (TPSA) is 58.6 Å². The fraction of sp³-hybridized carbons (Fsp3) is 0.208. The molecule has 0 aromatic heterocycles. The van der Waals surface area contributed by atoms with Gasteiger partial charge in [-0.25, -0.2) is 0 Å². The van der Waals surface area contributed by atoms with E-state index in [1.807, 2.05) is 24.3 Å². The molecule has 0 aliphatic heterocycles. The second-order valence-corrected chi connectivity index (χ2v) is 8.49. The number of hydrogen-bond donors (Lipinski definition) is 2. The monoisotopic (exact) mass is 477 g/mol. The highest BCUT2D eigenvalue weighted by molar-refractivity contribution is 6.36. The molecule has 1 unspecified atom stereocenters. The van der Waals surface area contributed by atoms with E-state index < -0.39 is 5.91 Å². The van der Waals surface area contributed by atoms with Crippen molar-refractivity contribution in [2.75, 3.05) is 5.32 Å². The summed E-state index contributed by atoms with van der Waals surface area (Å²) in [5.41, 5.74) is 1.38. The van der Waals surface area contributed by atoms with E-state index in [0.717, 1.165) is 18.4 Å². The normalized spacial score (nSPS) is 11.8. The summed E-state index contributed by atoms with van der Waals surface area (Å²) in [4.78, 5) is 12.8. The van der Waals surface area contributed by atoms with Crippen LogP contribution in [0, 0.1) is 0 Å². The van der Waals surface area contributed by atoms with Gasteiger partial charge in [0.1, 0.15) is 11.5 Å². The van der Waals surface area contributed by atoms with Gasteiger partial charge in [0, 0.05) is 10.0 Å². The summed E-state index contributed by atoms with van der Waals surface area (Å²) < 4.78 is 6.19. The van der Waals surface area contributed by atoms with Crippen molar-refractivity contribution in [2.45, 2.75) is 32.6 Å². The summed E-state index contributed by atoms with van der Waals surface area (Å²) in [5, 5.41) is 13.5. The van der Waals surface area contributed by atoms with E-state index in [0.29, 0.717) is 28.1 Å². The number of halogens is 3. The van der Waals surface area contributed by atoms with Gasteiger partial charge in [-0.2, -0.15) is 0 Å². The van der Waals surface area contributed by atoms with Crippen LogP contribution < -0.4 is 10.1 Å². The molecule has 0 aliphatic carbocycles. The Balaban J connectivity index is 1.94. The van der Waals surface area contributed by atoms with Crippen LogP contribution in [0.4, 0.5) is 5.69 Å². The highest BCUT2D eigenvalue weighted by atomic mass is 35.5. The molecule has 3 rings (SSSR count). The summed E-state index contributed by atoms with van der Waals surface area (Å²) in [7, 11) is 0. The second kappa shape index (κ2) is 10.3. The zero-order chi connectivity index (χ0) is 22.5. The molecule has 7 heteroatoms. The predicted octanol–water partition coefficient (Wildman–Crippen LogP) is 8.30. The van der Waals surface area contributed by atoms with Gasteiger partial charge in [0.15, 0.2) is 5.75 Å². The Bertz CT molecular complexity index is 1100. The minimum Gasteiger partial charge on any atom is -0.506 e. The van der Waals surface area contributed by atoms with E-state index in [-0.39, 0.29) is 21.4 Å². The number of anilines is 1. The standard InChI is InChI=1S/C24H22Cl3NO3/c1-3-6-14(2)17-7-4-5-8-21(17)31-22-10-9-15(25)13-20(22)28-24(30)18-11-16(26)12-19(27)23(18)29/h4-5,7-14,29H,3,6H2,1-2H3,(H,28,30). The fourth-order valence-corrected chi connectivity index (χ4v) is 3.97. The lowest BCUT2D eigenvalue weighted by Crippen LogP contribution is -2.13. The number of carbonyl (C=O) groups excluding carboxylic acids is 1. The van der Waals surface area contributed by atoms with Crippen LogP contribution in [0.3, 0.4) is 0 Å². The fourth-order valence-electron chi connectivity index (χ4n) is 3.31. The highest BCUT2D eigenvalue weighted by Crippen LogP contribution is 2.38. The predicted molar refractivity (Wildman–Crippen MR) is 127 cm³/mol. The van der Waals surface area contributed by atoms with Crippen molar-refractivity contribution in [3.05, 3.63) is 80.8 Å². The number of rotatable bonds is 7. The average molecular weight is 479 g/mol. The summed E-state index contributed by atoms with van der Waals surface area (Å²) in [5.74, 6) is 0.488. The third-order valence-electron chi connectivity index (χ3n) is 4.85. The van der Waals surface area contributed by atoms with Gasteiger partial charge in [-0.05, 0) is 54.3 Å². The molecule has 0 radical (unpaired) electrons. The number of nitrogens with one attached hydrogen (secondary N) is 1. The molecule has 0 saturated heterocycles. The van der Waals surface area contributed by atoms with E-state index in [4.69, 9.17) is 39.5 Å². The molecule has 1 amide bonds. The lowest BCUT2D eigenvalue weighted by Gasteiger charge is -2.18. The molecule has 0 fully saturated rings. The third-order valence-corrected chi connectivity index (χ3v) is 5.60. The van der Waals surface area contributed by atoms with Crippen LogP contribution in [0.2, 0.25) is 15.1 Å². The maximum atomic E-state index is 12.8. The molecular formula is C24H22Cl3NO3. The highest BCUT2D eigenvalue weighted by Gasteiger charge is 2.19. The van der Waals surface area contributed by atoms with Crippen molar-refractivity contribution in [1.82, 2.24) is 0 Å². The van der Waals surface area contributed by atoms with Gasteiger partial charge >= 0.3 is 0 Å². The Labute approximate surface area is 196 Å². The van der Waals surface area contributed by atoms with Crippen LogP contribution in [0.5, 0.6) is 17.2 Å². The number of ether oxygens (including phenoxy) is 1. The van der Waals surface area contributed by atoms with E-state index in [9.17, 15) is 9.90 Å². The van der Waals surface area contributed by atoms with Gasteiger partial charge in [-0.1, -0.05) is 73.3 Å². The van der Waals surface area contributed by atoms with Crippen LogP contribution in [0.25, 0.3) is 0 Å². The number of para-hydroxylation sites is 1. The van der Waals surface area contributed by atoms with Crippen LogP contribution in [-0.2, 0) is 0 Å². The van der Waals surface area contributed by atoms with Crippen LogP contribution in [-0.4, -0.2) is 11.0 Å². The molecule has 4 nitrogen and oxygen atoms in total. The smallest absolute Gasteiger partial charge is 0.259 e. The number of amides is 1. The number of carbonyl (C=O) groups is 1. The maximum absolute atomic E-state index is 12.8. The Hall–Kier alpha value is -2.40. The molecule has 31 heavy (non-hydrogen) atoms. The van der Waals surface area contributed by atoms with Gasteiger partial charge in [-0.15, -0.1) is 0 Å². The molecule has 3 aromatic rings. The average Bonchev–Trinajstić information content (AvgIpc) is 2.73. The van der Waals surface area contributed by atoms with E-state index >= 15 is 0 Å². The molecule has 0 heterocycles. The van der Waals surface area contributed by atoms with Crippen LogP contribution in [0.15, 0.2) is 54.6 Å². The van der Waals surface area contributed by atoms with Crippen molar-refractivity contribution in [3.8, 4) is 17.2 Å². The molecule has 0 aliphatic rings. The van der Waals surface area contributed by atoms with Crippen molar-refractivity contribution >= 4 is 46.4 Å². The molecule has 0 saturated carbocycles. The lowest BCUT2D eigenvalue weighted by molar-refractivity contribution is 0.102. The van der Waals surface area contributed by atoms with Crippen LogP contribution in [0.1, 0.15) is 48.5 Å². The van der Waals surface area contributed by atoms with Gasteiger partial charge in [0.05, 0.1) is 16.3 Å². The SMILES string of the molecule is CCCC(C)c1ccccc1Oc1ccc(Cl)cc1NC(=O)c1cc(Cl)cc(Cl)c1O. The largest absolute Gasteiger partial charge is 0.506 e. The van der Waals surface area contributed by atoms with Gasteiger partial charge < -0.3 is 15.2 Å². The number of phenolic OH excluding ortho intramolecular Hbond substituents is 1. The number of hydrogen-bond acceptors (Lipinski definition) is 3. The van der Waals surface area contributed by atoms with Crippen molar-refractivity contribution < 1.29 is 14.6 Å². The third kappa shape index (κ3) is 5.65. The molecule has 162 valence electrons. The summed E-state index contributed by atoms with van der Waals surface area (Å²) in [6.07, 6.45) is 2.09. The van der Waals surface area contributed by atoms with E-state index in [1.54, 1.807) is 18.2 Å². The minimum atomic E-state index is -0.596. The molecule has 1 atom stereocenters. The zero-order valence-corrected chi connectivity index (χ0v) is 19.4. The summed E-state index contributed by atoms with van der Waals surface area (Å²) in [6, 6.07) is 15.4. The van der Waals surface area contributed by atoms with Gasteiger partial charge in [-0.3, -0.25) is 4.79 Å². The first-order valence-electron chi connectivity index (χ1n) is 9.85. The molecule has 2 N–H and O–H groups in total. The minimum absolute atomic E-state index is 0.0148. The van der Waals surface area contributed by atoms with Crippen molar-refractivity contribution in [2.24, 2.45) is 0 Å². The Morgan fingerprint density at radius 2 is 1.77 bits per heavy atom. The molecule has 0 bridgehead atoms. The Morgan fingerprint density at radius 3 is 2.52 bits per heavy atom. The Kier molecular flexibility index (Phi) is 7.71. The molecule has 0 spiro atoms. The van der Waals surface area contributed by atoms with Crippen molar-refractivity contribution in [1.29, 1.82) is 0 Å². The summed E-state index contributed by atoms with van der Waals surface area (Å²) >= 11 is 18.1.